The minimum absolute atomic E-state index is 0.130. The van der Waals surface area contributed by atoms with Crippen LogP contribution in [0.1, 0.15) is 39.4 Å². The summed E-state index contributed by atoms with van der Waals surface area (Å²) in [5.41, 5.74) is -0.334. The number of pyridine rings is 1. The molecule has 1 aromatic rings. The minimum atomic E-state index is -1.29. The lowest BCUT2D eigenvalue weighted by molar-refractivity contribution is -0.148. The SMILES string of the molecule is CCOC(=O)C(NC(=O)OC(C)(C)C)C(O)c1cccnc1. The average molecular weight is 310 g/mol. The number of aromatic nitrogens is 1. The zero-order valence-electron chi connectivity index (χ0n) is 13.2. The van der Waals surface area contributed by atoms with Crippen LogP contribution in [0.25, 0.3) is 0 Å². The number of rotatable bonds is 5. The van der Waals surface area contributed by atoms with E-state index in [2.05, 4.69) is 10.3 Å². The maximum Gasteiger partial charge on any atom is 0.408 e. The number of alkyl carbamates (subject to hydrolysis) is 1. The zero-order chi connectivity index (χ0) is 16.8. The van der Waals surface area contributed by atoms with E-state index in [0.29, 0.717) is 5.56 Å². The highest BCUT2D eigenvalue weighted by molar-refractivity contribution is 5.82. The molecular formula is C15H22N2O5. The van der Waals surface area contributed by atoms with Crippen molar-refractivity contribution in [2.75, 3.05) is 6.61 Å². The Morgan fingerprint density at radius 3 is 2.59 bits per heavy atom. The first kappa shape index (κ1) is 17.9. The number of amides is 1. The van der Waals surface area contributed by atoms with Crippen LogP contribution in [-0.4, -0.2) is 40.4 Å². The summed E-state index contributed by atoms with van der Waals surface area (Å²) < 4.78 is 9.99. The van der Waals surface area contributed by atoms with Crippen molar-refractivity contribution in [3.8, 4) is 0 Å². The summed E-state index contributed by atoms with van der Waals surface area (Å²) >= 11 is 0. The Hall–Kier alpha value is -2.15. The summed E-state index contributed by atoms with van der Waals surface area (Å²) in [6, 6.07) is 1.94. The highest BCUT2D eigenvalue weighted by Crippen LogP contribution is 2.17. The van der Waals surface area contributed by atoms with Gasteiger partial charge in [-0.3, -0.25) is 4.98 Å². The van der Waals surface area contributed by atoms with Gasteiger partial charge in [-0.2, -0.15) is 0 Å². The summed E-state index contributed by atoms with van der Waals surface area (Å²) in [4.78, 5) is 27.7. The Morgan fingerprint density at radius 2 is 2.09 bits per heavy atom. The molecule has 0 aliphatic heterocycles. The normalized spacial score (nSPS) is 13.9. The molecule has 0 aromatic carbocycles. The third-order valence-corrected chi connectivity index (χ3v) is 2.55. The monoisotopic (exact) mass is 310 g/mol. The van der Waals surface area contributed by atoms with E-state index in [0.717, 1.165) is 0 Å². The minimum Gasteiger partial charge on any atom is -0.464 e. The van der Waals surface area contributed by atoms with Gasteiger partial charge in [0.15, 0.2) is 6.04 Å². The quantitative estimate of drug-likeness (QED) is 0.801. The van der Waals surface area contributed by atoms with Gasteiger partial charge in [-0.05, 0) is 33.8 Å². The van der Waals surface area contributed by atoms with Crippen LogP contribution in [0.3, 0.4) is 0 Å². The molecule has 2 atom stereocenters. The highest BCUT2D eigenvalue weighted by atomic mass is 16.6. The van der Waals surface area contributed by atoms with Gasteiger partial charge in [-0.1, -0.05) is 6.07 Å². The molecule has 2 N–H and O–H groups in total. The lowest BCUT2D eigenvalue weighted by atomic mass is 10.0. The molecule has 2 unspecified atom stereocenters. The summed E-state index contributed by atoms with van der Waals surface area (Å²) in [6.45, 7) is 6.86. The molecule has 0 saturated heterocycles. The topological polar surface area (TPSA) is 97.8 Å². The maximum atomic E-state index is 12.0. The predicted molar refractivity (Wildman–Crippen MR) is 79.0 cm³/mol. The predicted octanol–water partition coefficient (Wildman–Crippen LogP) is 1.57. The Morgan fingerprint density at radius 1 is 1.41 bits per heavy atom. The Balaban J connectivity index is 2.89. The molecule has 0 radical (unpaired) electrons. The van der Waals surface area contributed by atoms with Crippen LogP contribution in [0.2, 0.25) is 0 Å². The number of aliphatic hydroxyl groups excluding tert-OH is 1. The van der Waals surface area contributed by atoms with E-state index in [4.69, 9.17) is 9.47 Å². The molecule has 0 aliphatic carbocycles. The lowest BCUT2D eigenvalue weighted by Crippen LogP contribution is -2.47. The number of hydrogen-bond donors (Lipinski definition) is 2. The second-order valence-electron chi connectivity index (χ2n) is 5.61. The van der Waals surface area contributed by atoms with Crippen molar-refractivity contribution in [2.45, 2.75) is 45.4 Å². The molecule has 1 rings (SSSR count). The van der Waals surface area contributed by atoms with Crippen molar-refractivity contribution in [2.24, 2.45) is 0 Å². The van der Waals surface area contributed by atoms with Crippen LogP contribution in [0.15, 0.2) is 24.5 Å². The van der Waals surface area contributed by atoms with Crippen LogP contribution in [-0.2, 0) is 14.3 Å². The van der Waals surface area contributed by atoms with Crippen molar-refractivity contribution in [3.05, 3.63) is 30.1 Å². The third-order valence-electron chi connectivity index (χ3n) is 2.55. The number of carbonyl (C=O) groups excluding carboxylic acids is 2. The van der Waals surface area contributed by atoms with Crippen LogP contribution >= 0.6 is 0 Å². The Labute approximate surface area is 129 Å². The zero-order valence-corrected chi connectivity index (χ0v) is 13.2. The van der Waals surface area contributed by atoms with Crippen LogP contribution < -0.4 is 5.32 Å². The van der Waals surface area contributed by atoms with Crippen LogP contribution in [0, 0.1) is 0 Å². The van der Waals surface area contributed by atoms with E-state index >= 15 is 0 Å². The molecule has 1 heterocycles. The van der Waals surface area contributed by atoms with Crippen molar-refractivity contribution in [3.63, 3.8) is 0 Å². The first-order valence-electron chi connectivity index (χ1n) is 6.98. The van der Waals surface area contributed by atoms with E-state index in [1.165, 1.54) is 12.4 Å². The smallest absolute Gasteiger partial charge is 0.408 e. The lowest BCUT2D eigenvalue weighted by Gasteiger charge is -2.25. The largest absolute Gasteiger partial charge is 0.464 e. The van der Waals surface area contributed by atoms with E-state index in [-0.39, 0.29) is 6.61 Å². The van der Waals surface area contributed by atoms with Crippen LogP contribution in [0.5, 0.6) is 0 Å². The molecule has 1 amide bonds. The van der Waals surface area contributed by atoms with Gasteiger partial charge in [0.1, 0.15) is 11.7 Å². The van der Waals surface area contributed by atoms with E-state index in [1.54, 1.807) is 39.8 Å². The van der Waals surface area contributed by atoms with Gasteiger partial charge in [0, 0.05) is 18.0 Å². The molecule has 122 valence electrons. The molecule has 0 spiro atoms. The van der Waals surface area contributed by atoms with Crippen molar-refractivity contribution in [1.82, 2.24) is 10.3 Å². The average Bonchev–Trinajstić information content (AvgIpc) is 2.43. The van der Waals surface area contributed by atoms with Crippen molar-refractivity contribution in [1.29, 1.82) is 0 Å². The van der Waals surface area contributed by atoms with E-state index in [1.807, 2.05) is 0 Å². The number of nitrogens with one attached hydrogen (secondary N) is 1. The highest BCUT2D eigenvalue weighted by Gasteiger charge is 2.32. The molecule has 0 saturated carbocycles. The van der Waals surface area contributed by atoms with Crippen molar-refractivity contribution >= 4 is 12.1 Å². The molecule has 22 heavy (non-hydrogen) atoms. The van der Waals surface area contributed by atoms with E-state index < -0.39 is 29.8 Å². The molecule has 0 aliphatic rings. The van der Waals surface area contributed by atoms with Crippen molar-refractivity contribution < 1.29 is 24.2 Å². The van der Waals surface area contributed by atoms with Gasteiger partial charge >= 0.3 is 12.1 Å². The second kappa shape index (κ2) is 7.74. The van der Waals surface area contributed by atoms with Gasteiger partial charge in [0.05, 0.1) is 6.61 Å². The number of hydrogen-bond acceptors (Lipinski definition) is 6. The summed E-state index contributed by atoms with van der Waals surface area (Å²) in [5, 5.41) is 12.7. The van der Waals surface area contributed by atoms with Gasteiger partial charge in [-0.25, -0.2) is 9.59 Å². The number of aliphatic hydroxyl groups is 1. The van der Waals surface area contributed by atoms with Gasteiger partial charge in [-0.15, -0.1) is 0 Å². The first-order chi connectivity index (χ1) is 10.2. The number of carbonyl (C=O) groups is 2. The maximum absolute atomic E-state index is 12.0. The molecule has 0 bridgehead atoms. The molecule has 7 heteroatoms. The van der Waals surface area contributed by atoms with Gasteiger partial charge < -0.3 is 19.9 Å². The number of ether oxygens (including phenoxy) is 2. The summed E-state index contributed by atoms with van der Waals surface area (Å²) in [5.74, 6) is -0.746. The summed E-state index contributed by atoms with van der Waals surface area (Å²) in [6.07, 6.45) is 0.846. The fraction of sp³-hybridized carbons (Fsp3) is 0.533. The summed E-state index contributed by atoms with van der Waals surface area (Å²) in [7, 11) is 0. The Bertz CT molecular complexity index is 498. The number of nitrogens with zero attached hydrogens (tertiary/aromatic N) is 1. The third kappa shape index (κ3) is 5.69. The first-order valence-corrected chi connectivity index (χ1v) is 6.98. The fourth-order valence-corrected chi connectivity index (χ4v) is 1.68. The molecular weight excluding hydrogens is 288 g/mol. The van der Waals surface area contributed by atoms with Gasteiger partial charge in [0.25, 0.3) is 0 Å². The fourth-order valence-electron chi connectivity index (χ4n) is 1.68. The standard InChI is InChI=1S/C15H22N2O5/c1-5-21-13(19)11(17-14(20)22-15(2,3)4)12(18)10-7-6-8-16-9-10/h6-9,11-12,18H,5H2,1-4H3,(H,17,20). The Kier molecular flexibility index (Phi) is 6.30. The van der Waals surface area contributed by atoms with Gasteiger partial charge in [0.2, 0.25) is 0 Å². The van der Waals surface area contributed by atoms with E-state index in [9.17, 15) is 14.7 Å². The molecule has 7 nitrogen and oxygen atoms in total. The van der Waals surface area contributed by atoms with Crippen LogP contribution in [0.4, 0.5) is 4.79 Å². The second-order valence-corrected chi connectivity index (χ2v) is 5.61. The molecule has 1 aromatic heterocycles. The number of esters is 1. The molecule has 0 fully saturated rings.